The van der Waals surface area contributed by atoms with Crippen molar-refractivity contribution < 1.29 is 23.1 Å². The largest absolute Gasteiger partial charge is 0.504 e. The number of carbonyl (C=O) groups is 1. The van der Waals surface area contributed by atoms with Crippen LogP contribution in [0.2, 0.25) is 5.02 Å². The number of nitrogens with one attached hydrogen (secondary N) is 3. The zero-order valence-electron chi connectivity index (χ0n) is 19.1. The number of phenols is 1. The van der Waals surface area contributed by atoms with Crippen molar-refractivity contribution >= 4 is 39.0 Å². The van der Waals surface area contributed by atoms with Crippen LogP contribution in [0, 0.1) is 0 Å². The second kappa shape index (κ2) is 9.98. The number of para-hydroxylation sites is 3. The minimum atomic E-state index is -4.09. The molecule has 3 aromatic carbocycles. The zero-order valence-corrected chi connectivity index (χ0v) is 20.7. The SMILES string of the molecule is O=C(Nc1ccccc1Oc1ccccc1)Nc1ccc(Cl)c(S(=O)(=O)N2CC3CCC(C2)N3)c1O. The third-order valence-electron chi connectivity index (χ3n) is 6.22. The highest BCUT2D eigenvalue weighted by molar-refractivity contribution is 7.89. The first-order valence-corrected chi connectivity index (χ1v) is 13.3. The molecule has 2 bridgehead atoms. The number of amides is 2. The van der Waals surface area contributed by atoms with Crippen molar-refractivity contribution in [3.63, 3.8) is 0 Å². The van der Waals surface area contributed by atoms with Gasteiger partial charge in [-0.15, -0.1) is 0 Å². The highest BCUT2D eigenvalue weighted by atomic mass is 35.5. The van der Waals surface area contributed by atoms with Gasteiger partial charge in [-0.05, 0) is 49.2 Å². The number of hydrogen-bond donors (Lipinski definition) is 4. The number of hydrogen-bond acceptors (Lipinski definition) is 6. The molecule has 0 saturated carbocycles. The number of sulfonamides is 1. The Hall–Kier alpha value is -3.31. The normalized spacial score (nSPS) is 19.6. The van der Waals surface area contributed by atoms with Crippen LogP contribution in [0.5, 0.6) is 17.2 Å². The molecule has 2 amide bonds. The fourth-order valence-corrected chi connectivity index (χ4v) is 6.65. The van der Waals surface area contributed by atoms with Gasteiger partial charge in [0.2, 0.25) is 10.0 Å². The number of ether oxygens (including phenoxy) is 1. The van der Waals surface area contributed by atoms with Crippen molar-refractivity contribution in [2.75, 3.05) is 23.7 Å². The van der Waals surface area contributed by atoms with Crippen molar-refractivity contribution in [2.24, 2.45) is 0 Å². The van der Waals surface area contributed by atoms with E-state index >= 15 is 0 Å². The summed E-state index contributed by atoms with van der Waals surface area (Å²) in [7, 11) is -4.09. The van der Waals surface area contributed by atoms with E-state index in [2.05, 4.69) is 16.0 Å². The fourth-order valence-electron chi connectivity index (χ4n) is 4.52. The van der Waals surface area contributed by atoms with Crippen LogP contribution in [-0.4, -0.2) is 49.0 Å². The Kier molecular flexibility index (Phi) is 6.76. The van der Waals surface area contributed by atoms with Gasteiger partial charge in [-0.2, -0.15) is 4.31 Å². The van der Waals surface area contributed by atoms with Crippen LogP contribution in [0.1, 0.15) is 12.8 Å². The average Bonchev–Trinajstić information content (AvgIpc) is 3.19. The van der Waals surface area contributed by atoms with Crippen LogP contribution >= 0.6 is 11.6 Å². The third kappa shape index (κ3) is 4.98. The molecule has 2 fully saturated rings. The number of piperazine rings is 1. The standard InChI is InChI=1S/C25H25ClN4O5S/c26-19-12-13-21(23(31)24(19)36(33,34)30-14-16-10-11-17(15-30)27-16)29-25(32)28-20-8-4-5-9-22(20)35-18-6-2-1-3-7-18/h1-9,12-13,16-17,27,31H,10-11,14-15H2,(H2,28,29,32). The van der Waals surface area contributed by atoms with Crippen molar-refractivity contribution in [3.8, 4) is 17.2 Å². The quantitative estimate of drug-likeness (QED) is 0.347. The van der Waals surface area contributed by atoms with E-state index in [0.29, 0.717) is 30.3 Å². The number of phenolic OH excluding ortho intramolecular Hbond substituents is 1. The molecule has 2 saturated heterocycles. The van der Waals surface area contributed by atoms with E-state index in [1.165, 1.54) is 16.4 Å². The molecule has 4 N–H and O–H groups in total. The molecule has 2 atom stereocenters. The molecule has 2 unspecified atom stereocenters. The van der Waals surface area contributed by atoms with Crippen LogP contribution in [-0.2, 0) is 10.0 Å². The summed E-state index contributed by atoms with van der Waals surface area (Å²) in [5.74, 6) is 0.395. The number of benzene rings is 3. The minimum absolute atomic E-state index is 0.0738. The maximum absolute atomic E-state index is 13.4. The van der Waals surface area contributed by atoms with E-state index in [-0.39, 0.29) is 22.8 Å². The molecule has 0 radical (unpaired) electrons. The van der Waals surface area contributed by atoms with Gasteiger partial charge >= 0.3 is 6.03 Å². The van der Waals surface area contributed by atoms with Gasteiger partial charge in [0.25, 0.3) is 0 Å². The van der Waals surface area contributed by atoms with Crippen molar-refractivity contribution in [3.05, 3.63) is 71.8 Å². The molecular weight excluding hydrogens is 504 g/mol. The number of halogens is 1. The molecule has 5 rings (SSSR count). The molecule has 0 aliphatic carbocycles. The lowest BCUT2D eigenvalue weighted by Crippen LogP contribution is -2.52. The Morgan fingerprint density at radius 1 is 0.944 bits per heavy atom. The monoisotopic (exact) mass is 528 g/mol. The average molecular weight is 529 g/mol. The maximum Gasteiger partial charge on any atom is 0.323 e. The van der Waals surface area contributed by atoms with E-state index in [0.717, 1.165) is 12.8 Å². The van der Waals surface area contributed by atoms with Gasteiger partial charge in [0.15, 0.2) is 11.5 Å². The van der Waals surface area contributed by atoms with E-state index in [1.54, 1.807) is 36.4 Å². The summed E-state index contributed by atoms with van der Waals surface area (Å²) < 4.78 is 34.0. The van der Waals surface area contributed by atoms with Gasteiger partial charge in [0, 0.05) is 25.2 Å². The lowest BCUT2D eigenvalue weighted by molar-refractivity contribution is 0.262. The second-order valence-electron chi connectivity index (χ2n) is 8.72. The summed E-state index contributed by atoms with van der Waals surface area (Å²) in [6, 6.07) is 18.1. The van der Waals surface area contributed by atoms with Crippen molar-refractivity contribution in [1.29, 1.82) is 0 Å². The van der Waals surface area contributed by atoms with Crippen LogP contribution in [0.3, 0.4) is 0 Å². The number of nitrogens with zero attached hydrogens (tertiary/aromatic N) is 1. The van der Waals surface area contributed by atoms with Gasteiger partial charge in [0.05, 0.1) is 16.4 Å². The highest BCUT2D eigenvalue weighted by Crippen LogP contribution is 2.40. The molecular formula is C25H25ClN4O5S. The molecule has 3 aromatic rings. The van der Waals surface area contributed by atoms with E-state index < -0.39 is 26.7 Å². The molecule has 188 valence electrons. The maximum atomic E-state index is 13.4. The van der Waals surface area contributed by atoms with E-state index in [9.17, 15) is 18.3 Å². The Bertz CT molecular complexity index is 1370. The van der Waals surface area contributed by atoms with Gasteiger partial charge in [-0.1, -0.05) is 41.9 Å². The third-order valence-corrected chi connectivity index (χ3v) is 8.55. The number of urea groups is 1. The second-order valence-corrected chi connectivity index (χ2v) is 11.0. The fraction of sp³-hybridized carbons (Fsp3) is 0.240. The number of anilines is 2. The lowest BCUT2D eigenvalue weighted by Gasteiger charge is -2.32. The van der Waals surface area contributed by atoms with Gasteiger partial charge < -0.3 is 25.8 Å². The van der Waals surface area contributed by atoms with E-state index in [1.807, 2.05) is 18.2 Å². The molecule has 11 heteroatoms. The molecule has 0 spiro atoms. The minimum Gasteiger partial charge on any atom is -0.504 e. The number of aromatic hydroxyl groups is 1. The first-order chi connectivity index (χ1) is 17.3. The Labute approximate surface area is 214 Å². The first kappa shape index (κ1) is 24.4. The predicted octanol–water partition coefficient (Wildman–Crippen LogP) is 4.61. The predicted molar refractivity (Wildman–Crippen MR) is 137 cm³/mol. The smallest absolute Gasteiger partial charge is 0.323 e. The van der Waals surface area contributed by atoms with Crippen LogP contribution in [0.4, 0.5) is 16.2 Å². The molecule has 2 aliphatic heterocycles. The molecule has 9 nitrogen and oxygen atoms in total. The van der Waals surface area contributed by atoms with E-state index in [4.69, 9.17) is 16.3 Å². The molecule has 2 heterocycles. The Morgan fingerprint density at radius 2 is 1.58 bits per heavy atom. The highest BCUT2D eigenvalue weighted by Gasteiger charge is 2.40. The van der Waals surface area contributed by atoms with Gasteiger partial charge in [-0.25, -0.2) is 13.2 Å². The Morgan fingerprint density at radius 3 is 2.31 bits per heavy atom. The summed E-state index contributed by atoms with van der Waals surface area (Å²) in [5, 5.41) is 19.3. The van der Waals surface area contributed by atoms with Gasteiger partial charge in [0.1, 0.15) is 10.6 Å². The summed E-state index contributed by atoms with van der Waals surface area (Å²) in [6.07, 6.45) is 1.79. The summed E-state index contributed by atoms with van der Waals surface area (Å²) in [5.41, 5.74) is 0.298. The van der Waals surface area contributed by atoms with Crippen LogP contribution in [0.25, 0.3) is 0 Å². The zero-order chi connectivity index (χ0) is 25.3. The lowest BCUT2D eigenvalue weighted by atomic mass is 10.2. The van der Waals surface area contributed by atoms with Gasteiger partial charge in [-0.3, -0.25) is 0 Å². The molecule has 36 heavy (non-hydrogen) atoms. The summed E-state index contributed by atoms with van der Waals surface area (Å²) >= 11 is 6.23. The topological polar surface area (TPSA) is 120 Å². The number of carbonyl (C=O) groups excluding carboxylic acids is 1. The summed E-state index contributed by atoms with van der Waals surface area (Å²) in [4.78, 5) is 12.4. The number of fused-ring (bicyclic) bond motifs is 2. The molecule has 2 aliphatic rings. The molecule has 0 aromatic heterocycles. The first-order valence-electron chi connectivity index (χ1n) is 11.5. The van der Waals surface area contributed by atoms with Crippen molar-refractivity contribution in [2.45, 2.75) is 29.8 Å². The Balaban J connectivity index is 1.35. The summed E-state index contributed by atoms with van der Waals surface area (Å²) in [6.45, 7) is 0.593. The van der Waals surface area contributed by atoms with Crippen LogP contribution in [0.15, 0.2) is 71.6 Å². The van der Waals surface area contributed by atoms with Crippen LogP contribution < -0.4 is 20.7 Å². The number of rotatable bonds is 6. The van der Waals surface area contributed by atoms with Crippen molar-refractivity contribution in [1.82, 2.24) is 9.62 Å².